The molecule has 0 radical (unpaired) electrons. The molecule has 1 atom stereocenters. The lowest BCUT2D eigenvalue weighted by Gasteiger charge is -2.11. The fraction of sp³-hybridized carbons (Fsp3) is 0.222. The predicted octanol–water partition coefficient (Wildman–Crippen LogP) is 2.46. The van der Waals surface area contributed by atoms with Crippen LogP contribution in [0.15, 0.2) is 22.7 Å². The van der Waals surface area contributed by atoms with Crippen molar-refractivity contribution in [3.63, 3.8) is 0 Å². The first kappa shape index (κ1) is 9.80. The highest BCUT2D eigenvalue weighted by Crippen LogP contribution is 2.27. The first-order valence-corrected chi connectivity index (χ1v) is 5.33. The summed E-state index contributed by atoms with van der Waals surface area (Å²) in [5, 5.41) is 6.17. The van der Waals surface area contributed by atoms with E-state index >= 15 is 0 Å². The van der Waals surface area contributed by atoms with Gasteiger partial charge in [-0.15, -0.1) is 0 Å². The van der Waals surface area contributed by atoms with Gasteiger partial charge in [-0.1, -0.05) is 27.5 Å². The fourth-order valence-corrected chi connectivity index (χ4v) is 2.13. The van der Waals surface area contributed by atoms with Crippen molar-refractivity contribution in [1.29, 1.82) is 0 Å². The average molecular weight is 276 g/mol. The van der Waals surface area contributed by atoms with Gasteiger partial charge in [0.05, 0.1) is 6.04 Å². The van der Waals surface area contributed by atoms with Gasteiger partial charge in [-0.25, -0.2) is 4.79 Å². The van der Waals surface area contributed by atoms with Crippen LogP contribution in [0.4, 0.5) is 4.79 Å². The van der Waals surface area contributed by atoms with Crippen LogP contribution in [0.1, 0.15) is 11.6 Å². The van der Waals surface area contributed by atoms with Crippen LogP contribution < -0.4 is 10.6 Å². The third kappa shape index (κ3) is 1.86. The highest BCUT2D eigenvalue weighted by Gasteiger charge is 2.23. The van der Waals surface area contributed by atoms with Crippen LogP contribution in [0.5, 0.6) is 0 Å². The van der Waals surface area contributed by atoms with Gasteiger partial charge < -0.3 is 10.6 Å². The molecule has 14 heavy (non-hydrogen) atoms. The Morgan fingerprint density at radius 3 is 2.93 bits per heavy atom. The Morgan fingerprint density at radius 1 is 1.50 bits per heavy atom. The van der Waals surface area contributed by atoms with Crippen LogP contribution in [-0.2, 0) is 0 Å². The first-order valence-electron chi connectivity index (χ1n) is 4.16. The van der Waals surface area contributed by atoms with E-state index in [1.807, 2.05) is 12.1 Å². The van der Waals surface area contributed by atoms with Crippen molar-refractivity contribution in [3.8, 4) is 0 Å². The summed E-state index contributed by atoms with van der Waals surface area (Å²) >= 11 is 9.30. The van der Waals surface area contributed by atoms with Crippen molar-refractivity contribution in [1.82, 2.24) is 10.6 Å². The second-order valence-corrected chi connectivity index (χ2v) is 4.36. The molecule has 1 saturated heterocycles. The summed E-state index contributed by atoms with van der Waals surface area (Å²) in [7, 11) is 0. The van der Waals surface area contributed by atoms with E-state index in [2.05, 4.69) is 26.6 Å². The lowest BCUT2D eigenvalue weighted by Crippen LogP contribution is -2.21. The molecule has 0 aromatic heterocycles. The zero-order chi connectivity index (χ0) is 10.1. The van der Waals surface area contributed by atoms with Crippen LogP contribution in [0.25, 0.3) is 0 Å². The number of carbonyl (C=O) groups is 1. The third-order valence-electron chi connectivity index (χ3n) is 2.11. The molecule has 2 rings (SSSR count). The number of amides is 2. The maximum atomic E-state index is 11.0. The number of nitrogens with one attached hydrogen (secondary N) is 2. The molecule has 0 aliphatic carbocycles. The highest BCUT2D eigenvalue weighted by molar-refractivity contribution is 9.10. The molecule has 1 aliphatic rings. The summed E-state index contributed by atoms with van der Waals surface area (Å²) in [4.78, 5) is 11.0. The average Bonchev–Trinajstić information content (AvgIpc) is 2.56. The zero-order valence-electron chi connectivity index (χ0n) is 7.18. The number of rotatable bonds is 1. The Kier molecular flexibility index (Phi) is 2.65. The number of hydrogen-bond donors (Lipinski definition) is 2. The van der Waals surface area contributed by atoms with Crippen molar-refractivity contribution in [2.45, 2.75) is 6.04 Å². The monoisotopic (exact) mass is 274 g/mol. The van der Waals surface area contributed by atoms with Crippen LogP contribution >= 0.6 is 27.5 Å². The van der Waals surface area contributed by atoms with Crippen molar-refractivity contribution in [2.75, 3.05) is 6.54 Å². The quantitative estimate of drug-likeness (QED) is 0.812. The van der Waals surface area contributed by atoms with E-state index in [9.17, 15) is 4.79 Å². The van der Waals surface area contributed by atoms with Crippen LogP contribution in [-0.4, -0.2) is 12.6 Å². The van der Waals surface area contributed by atoms with Gasteiger partial charge in [0.25, 0.3) is 0 Å². The SMILES string of the molecule is O=C1NC[C@H](c2cc(Cl)ccc2Br)N1. The van der Waals surface area contributed by atoms with E-state index in [1.54, 1.807) is 6.07 Å². The number of benzene rings is 1. The standard InChI is InChI=1S/C9H8BrClN2O/c10-7-2-1-5(11)3-6(7)8-4-12-9(14)13-8/h1-3,8H,4H2,(H2,12,13,14)/t8-/m1/s1. The van der Waals surface area contributed by atoms with E-state index in [1.165, 1.54) is 0 Å². The summed E-state index contributed by atoms with van der Waals surface area (Å²) in [6, 6.07) is 5.39. The Hall–Kier alpha value is -0.740. The predicted molar refractivity (Wildman–Crippen MR) is 58.4 cm³/mol. The molecular weight excluding hydrogens is 267 g/mol. The topological polar surface area (TPSA) is 41.1 Å². The molecule has 0 bridgehead atoms. The van der Waals surface area contributed by atoms with Gasteiger partial charge in [0, 0.05) is 16.0 Å². The van der Waals surface area contributed by atoms with Gasteiger partial charge in [-0.2, -0.15) is 0 Å². The summed E-state index contributed by atoms with van der Waals surface area (Å²) in [6.07, 6.45) is 0. The molecule has 1 fully saturated rings. The Balaban J connectivity index is 2.31. The van der Waals surface area contributed by atoms with Crippen molar-refractivity contribution in [3.05, 3.63) is 33.3 Å². The summed E-state index contributed by atoms with van der Waals surface area (Å²) < 4.78 is 0.955. The minimum Gasteiger partial charge on any atom is -0.336 e. The van der Waals surface area contributed by atoms with E-state index in [-0.39, 0.29) is 12.1 Å². The van der Waals surface area contributed by atoms with Crippen molar-refractivity contribution < 1.29 is 4.79 Å². The van der Waals surface area contributed by atoms with Crippen molar-refractivity contribution >= 4 is 33.6 Å². The second kappa shape index (κ2) is 3.79. The molecule has 74 valence electrons. The number of hydrogen-bond acceptors (Lipinski definition) is 1. The maximum Gasteiger partial charge on any atom is 0.315 e. The lowest BCUT2D eigenvalue weighted by atomic mass is 10.1. The van der Waals surface area contributed by atoms with E-state index < -0.39 is 0 Å². The molecule has 2 amide bonds. The Labute approximate surface area is 95.0 Å². The highest BCUT2D eigenvalue weighted by atomic mass is 79.9. The smallest absolute Gasteiger partial charge is 0.315 e. The van der Waals surface area contributed by atoms with E-state index in [0.717, 1.165) is 10.0 Å². The molecule has 0 saturated carbocycles. The van der Waals surface area contributed by atoms with Crippen LogP contribution in [0.2, 0.25) is 5.02 Å². The van der Waals surface area contributed by atoms with E-state index in [4.69, 9.17) is 11.6 Å². The lowest BCUT2D eigenvalue weighted by molar-refractivity contribution is 0.247. The molecule has 1 aliphatic heterocycles. The molecule has 1 aromatic rings. The fourth-order valence-electron chi connectivity index (χ4n) is 1.42. The number of carbonyl (C=O) groups excluding carboxylic acids is 1. The Morgan fingerprint density at radius 2 is 2.29 bits per heavy atom. The van der Waals surface area contributed by atoms with Gasteiger partial charge in [0.15, 0.2) is 0 Å². The molecule has 1 aromatic carbocycles. The molecular formula is C9H8BrClN2O. The van der Waals surface area contributed by atoms with Gasteiger partial charge in [-0.05, 0) is 23.8 Å². The zero-order valence-corrected chi connectivity index (χ0v) is 9.52. The minimum atomic E-state index is -0.137. The molecule has 0 unspecified atom stereocenters. The van der Waals surface area contributed by atoms with Crippen LogP contribution in [0.3, 0.4) is 0 Å². The molecule has 5 heteroatoms. The normalized spacial score (nSPS) is 20.4. The number of halogens is 2. The van der Waals surface area contributed by atoms with Gasteiger partial charge in [-0.3, -0.25) is 0 Å². The number of urea groups is 1. The van der Waals surface area contributed by atoms with Gasteiger partial charge >= 0.3 is 6.03 Å². The van der Waals surface area contributed by atoms with Crippen molar-refractivity contribution in [2.24, 2.45) is 0 Å². The summed E-state index contributed by atoms with van der Waals surface area (Å²) in [6.45, 7) is 0.595. The largest absolute Gasteiger partial charge is 0.336 e. The molecule has 0 spiro atoms. The second-order valence-electron chi connectivity index (χ2n) is 3.07. The van der Waals surface area contributed by atoms with Gasteiger partial charge in [0.1, 0.15) is 0 Å². The minimum absolute atomic E-state index is 0.00410. The third-order valence-corrected chi connectivity index (χ3v) is 3.06. The van der Waals surface area contributed by atoms with Gasteiger partial charge in [0.2, 0.25) is 0 Å². The van der Waals surface area contributed by atoms with Crippen LogP contribution in [0, 0.1) is 0 Å². The molecule has 3 nitrogen and oxygen atoms in total. The maximum absolute atomic E-state index is 11.0. The summed E-state index contributed by atoms with van der Waals surface area (Å²) in [5.41, 5.74) is 0.996. The molecule has 2 N–H and O–H groups in total. The summed E-state index contributed by atoms with van der Waals surface area (Å²) in [5.74, 6) is 0. The first-order chi connectivity index (χ1) is 6.66. The van der Waals surface area contributed by atoms with E-state index in [0.29, 0.717) is 11.6 Å². The molecule has 1 heterocycles. The Bertz CT molecular complexity index is 383.